The van der Waals surface area contributed by atoms with Crippen LogP contribution >= 0.6 is 11.6 Å². The lowest BCUT2D eigenvalue weighted by molar-refractivity contribution is 0.404. The van der Waals surface area contributed by atoms with E-state index in [-0.39, 0.29) is 0 Å². The van der Waals surface area contributed by atoms with Crippen molar-refractivity contribution in [3.8, 4) is 56.9 Å². The molecule has 0 aliphatic carbocycles. The van der Waals surface area contributed by atoms with Gasteiger partial charge in [0.1, 0.15) is 34.5 Å². The molecule has 0 unspecified atom stereocenters. The zero-order chi connectivity index (χ0) is 22.7. The second-order valence-electron chi connectivity index (χ2n) is 6.95. The number of methoxy groups -OCH3 is 4. The van der Waals surface area contributed by atoms with Crippen molar-refractivity contribution in [1.82, 2.24) is 9.97 Å². The van der Waals surface area contributed by atoms with Crippen LogP contribution in [0.1, 0.15) is 0 Å². The van der Waals surface area contributed by atoms with E-state index in [9.17, 15) is 0 Å². The van der Waals surface area contributed by atoms with Crippen molar-refractivity contribution in [2.45, 2.75) is 0 Å². The molecule has 0 aliphatic rings. The summed E-state index contributed by atoms with van der Waals surface area (Å²) in [6, 6.07) is 18.7. The van der Waals surface area contributed by atoms with Gasteiger partial charge < -0.3 is 23.9 Å². The highest BCUT2D eigenvalue weighted by Gasteiger charge is 2.22. The average molecular weight is 451 g/mol. The molecule has 0 fully saturated rings. The summed E-state index contributed by atoms with van der Waals surface area (Å²) in [5, 5.41) is 0.625. The predicted molar refractivity (Wildman–Crippen MR) is 126 cm³/mol. The molecule has 164 valence electrons. The number of hydrogen-bond acceptors (Lipinski definition) is 5. The molecule has 3 aromatic carbocycles. The third-order valence-corrected chi connectivity index (χ3v) is 5.37. The molecule has 0 atom stereocenters. The summed E-state index contributed by atoms with van der Waals surface area (Å²) in [7, 11) is 6.51. The molecule has 0 aliphatic heterocycles. The highest BCUT2D eigenvalue weighted by molar-refractivity contribution is 6.30. The van der Waals surface area contributed by atoms with Crippen LogP contribution in [0.5, 0.6) is 23.0 Å². The Balaban J connectivity index is 2.02. The summed E-state index contributed by atoms with van der Waals surface area (Å²) >= 11 is 6.24. The van der Waals surface area contributed by atoms with Gasteiger partial charge in [-0.15, -0.1) is 0 Å². The smallest absolute Gasteiger partial charge is 0.138 e. The number of rotatable bonds is 7. The van der Waals surface area contributed by atoms with Gasteiger partial charge in [-0.1, -0.05) is 23.7 Å². The fourth-order valence-electron chi connectivity index (χ4n) is 3.54. The van der Waals surface area contributed by atoms with E-state index in [2.05, 4.69) is 4.98 Å². The van der Waals surface area contributed by atoms with Gasteiger partial charge in [0.2, 0.25) is 0 Å². The van der Waals surface area contributed by atoms with Crippen molar-refractivity contribution < 1.29 is 18.9 Å². The van der Waals surface area contributed by atoms with E-state index in [0.717, 1.165) is 22.4 Å². The number of benzene rings is 3. The number of imidazole rings is 1. The van der Waals surface area contributed by atoms with Gasteiger partial charge in [-0.3, -0.25) is 0 Å². The first-order valence-electron chi connectivity index (χ1n) is 9.88. The van der Waals surface area contributed by atoms with Crippen LogP contribution in [0.3, 0.4) is 0 Å². The van der Waals surface area contributed by atoms with Crippen LogP contribution in [0.15, 0.2) is 60.7 Å². The summed E-state index contributed by atoms with van der Waals surface area (Å²) < 4.78 is 22.2. The summed E-state index contributed by atoms with van der Waals surface area (Å²) in [6.07, 6.45) is 0. The highest BCUT2D eigenvalue weighted by atomic mass is 35.5. The molecule has 0 radical (unpaired) electrons. The molecule has 1 N–H and O–H groups in total. The lowest BCUT2D eigenvalue weighted by atomic mass is 10.0. The number of halogens is 1. The van der Waals surface area contributed by atoms with Crippen LogP contribution in [0, 0.1) is 0 Å². The zero-order valence-corrected chi connectivity index (χ0v) is 19.0. The SMILES string of the molecule is COc1ccc(OC)c(-c2nc(-c3cccc(Cl)c3)[nH]c2-c2cc(OC)ccc2OC)c1. The Hall–Kier alpha value is -3.64. The normalized spacial score (nSPS) is 10.7. The first-order chi connectivity index (χ1) is 15.6. The van der Waals surface area contributed by atoms with Crippen LogP contribution in [0.2, 0.25) is 5.02 Å². The van der Waals surface area contributed by atoms with Gasteiger partial charge in [-0.2, -0.15) is 0 Å². The number of nitrogens with one attached hydrogen (secondary N) is 1. The first kappa shape index (κ1) is 21.6. The monoisotopic (exact) mass is 450 g/mol. The lowest BCUT2D eigenvalue weighted by Gasteiger charge is -2.13. The van der Waals surface area contributed by atoms with E-state index in [1.807, 2.05) is 60.7 Å². The maximum absolute atomic E-state index is 6.24. The fourth-order valence-corrected chi connectivity index (χ4v) is 3.73. The van der Waals surface area contributed by atoms with E-state index < -0.39 is 0 Å². The van der Waals surface area contributed by atoms with Crippen molar-refractivity contribution in [2.75, 3.05) is 28.4 Å². The molecule has 1 aromatic heterocycles. The van der Waals surface area contributed by atoms with Crippen LogP contribution in [-0.2, 0) is 0 Å². The van der Waals surface area contributed by atoms with Gasteiger partial charge in [0.15, 0.2) is 0 Å². The summed E-state index contributed by atoms with van der Waals surface area (Å²) in [4.78, 5) is 8.39. The average Bonchev–Trinajstić information content (AvgIpc) is 3.28. The molecule has 1 heterocycles. The summed E-state index contributed by atoms with van der Waals surface area (Å²) in [6.45, 7) is 0. The molecular weight excluding hydrogens is 428 g/mol. The Morgan fingerprint density at radius 2 is 1.34 bits per heavy atom. The Morgan fingerprint density at radius 1 is 0.719 bits per heavy atom. The minimum atomic E-state index is 0.625. The molecule has 7 heteroatoms. The van der Waals surface area contributed by atoms with Crippen molar-refractivity contribution in [1.29, 1.82) is 0 Å². The Kier molecular flexibility index (Phi) is 6.23. The lowest BCUT2D eigenvalue weighted by Crippen LogP contribution is -1.94. The molecule has 4 aromatic rings. The third-order valence-electron chi connectivity index (χ3n) is 5.14. The maximum atomic E-state index is 6.24. The van der Waals surface area contributed by atoms with Crippen molar-refractivity contribution in [3.63, 3.8) is 0 Å². The first-order valence-corrected chi connectivity index (χ1v) is 10.3. The molecule has 0 saturated heterocycles. The van der Waals surface area contributed by atoms with Gasteiger partial charge in [0.25, 0.3) is 0 Å². The number of ether oxygens (including phenoxy) is 4. The second kappa shape index (κ2) is 9.24. The maximum Gasteiger partial charge on any atom is 0.138 e. The van der Waals surface area contributed by atoms with Gasteiger partial charge in [-0.25, -0.2) is 4.98 Å². The zero-order valence-electron chi connectivity index (χ0n) is 18.2. The van der Waals surface area contributed by atoms with Crippen molar-refractivity contribution in [2.24, 2.45) is 0 Å². The largest absolute Gasteiger partial charge is 0.497 e. The minimum absolute atomic E-state index is 0.625. The van der Waals surface area contributed by atoms with Crippen molar-refractivity contribution >= 4 is 11.6 Å². The van der Waals surface area contributed by atoms with Crippen LogP contribution in [0.25, 0.3) is 33.9 Å². The Morgan fingerprint density at radius 3 is 1.94 bits per heavy atom. The van der Waals surface area contributed by atoms with Gasteiger partial charge >= 0.3 is 0 Å². The molecule has 0 saturated carbocycles. The minimum Gasteiger partial charge on any atom is -0.497 e. The highest BCUT2D eigenvalue weighted by Crippen LogP contribution is 2.43. The molecule has 32 heavy (non-hydrogen) atoms. The van der Waals surface area contributed by atoms with E-state index in [0.29, 0.717) is 39.5 Å². The van der Waals surface area contributed by atoms with Crippen LogP contribution < -0.4 is 18.9 Å². The topological polar surface area (TPSA) is 65.6 Å². The van der Waals surface area contributed by atoms with E-state index in [1.54, 1.807) is 28.4 Å². The van der Waals surface area contributed by atoms with Gasteiger partial charge in [0.05, 0.1) is 34.1 Å². The molecule has 0 bridgehead atoms. The molecule has 0 spiro atoms. The number of nitrogens with zero attached hydrogens (tertiary/aromatic N) is 1. The number of aromatic amines is 1. The quantitative estimate of drug-likeness (QED) is 0.368. The van der Waals surface area contributed by atoms with Crippen LogP contribution in [0.4, 0.5) is 0 Å². The standard InChI is InChI=1S/C25H23ClN2O4/c1-29-17-8-10-21(31-3)19(13-17)23-24(20-14-18(30-2)9-11-22(20)32-4)28-25(27-23)15-6-5-7-16(26)12-15/h5-14H,1-4H3,(H,27,28). The van der Waals surface area contributed by atoms with Gasteiger partial charge in [0, 0.05) is 21.7 Å². The van der Waals surface area contributed by atoms with E-state index in [4.69, 9.17) is 35.5 Å². The Bertz CT molecular complexity index is 1180. The van der Waals surface area contributed by atoms with E-state index >= 15 is 0 Å². The fraction of sp³-hybridized carbons (Fsp3) is 0.160. The molecule has 6 nitrogen and oxygen atoms in total. The van der Waals surface area contributed by atoms with Gasteiger partial charge in [-0.05, 0) is 48.5 Å². The summed E-state index contributed by atoms with van der Waals surface area (Å²) in [5.74, 6) is 3.39. The number of aromatic nitrogens is 2. The molecule has 0 amide bonds. The number of H-pyrrole nitrogens is 1. The Labute approximate surface area is 191 Å². The molecule has 4 rings (SSSR count). The third kappa shape index (κ3) is 4.09. The summed E-state index contributed by atoms with van der Waals surface area (Å²) in [5.41, 5.74) is 3.86. The predicted octanol–water partition coefficient (Wildman–Crippen LogP) is 6.10. The van der Waals surface area contributed by atoms with E-state index in [1.165, 1.54) is 0 Å². The van der Waals surface area contributed by atoms with Crippen LogP contribution in [-0.4, -0.2) is 38.4 Å². The molecular formula is C25H23ClN2O4. The number of hydrogen-bond donors (Lipinski definition) is 1. The second-order valence-corrected chi connectivity index (χ2v) is 7.39. The van der Waals surface area contributed by atoms with Crippen molar-refractivity contribution in [3.05, 3.63) is 65.7 Å².